The number of aromatic nitrogens is 2. The Morgan fingerprint density at radius 1 is 1.14 bits per heavy atom. The largest absolute Gasteiger partial charge is 0.337 e. The molecular formula is C15H15N3O2S. The molecule has 5 nitrogen and oxygen atoms in total. The number of benzene rings is 2. The van der Waals surface area contributed by atoms with E-state index in [1.807, 2.05) is 37.4 Å². The zero-order valence-electron chi connectivity index (χ0n) is 11.5. The highest BCUT2D eigenvalue weighted by atomic mass is 32.2. The van der Waals surface area contributed by atoms with Crippen molar-refractivity contribution in [3.8, 4) is 0 Å². The molecule has 0 saturated carbocycles. The smallest absolute Gasteiger partial charge is 0.241 e. The third-order valence-corrected chi connectivity index (χ3v) is 4.84. The molecule has 21 heavy (non-hydrogen) atoms. The molecule has 0 amide bonds. The Morgan fingerprint density at radius 3 is 2.67 bits per heavy atom. The van der Waals surface area contributed by atoms with Crippen LogP contribution in [0.4, 0.5) is 0 Å². The maximum absolute atomic E-state index is 12.5. The molecule has 0 unspecified atom stereocenters. The van der Waals surface area contributed by atoms with Gasteiger partial charge in [-0.25, -0.2) is 18.1 Å². The molecule has 6 heteroatoms. The average molecular weight is 301 g/mol. The molecule has 1 N–H and O–H groups in total. The lowest BCUT2D eigenvalue weighted by molar-refractivity contribution is 0.578. The molecular weight excluding hydrogens is 286 g/mol. The summed E-state index contributed by atoms with van der Waals surface area (Å²) >= 11 is 0. The summed E-state index contributed by atoms with van der Waals surface area (Å²) < 4.78 is 29.4. The summed E-state index contributed by atoms with van der Waals surface area (Å²) in [5.41, 5.74) is 0. The Hall–Kier alpha value is -2.18. The molecule has 108 valence electrons. The fraction of sp³-hybridized carbons (Fsp3) is 0.133. The highest BCUT2D eigenvalue weighted by Gasteiger charge is 2.17. The van der Waals surface area contributed by atoms with Gasteiger partial charge in [0.15, 0.2) is 0 Å². The van der Waals surface area contributed by atoms with E-state index in [1.165, 1.54) is 0 Å². The highest BCUT2D eigenvalue weighted by Crippen LogP contribution is 2.22. The van der Waals surface area contributed by atoms with Gasteiger partial charge in [0.05, 0.1) is 11.4 Å². The summed E-state index contributed by atoms with van der Waals surface area (Å²) in [6.07, 6.45) is 3.42. The number of hydrogen-bond donors (Lipinski definition) is 1. The van der Waals surface area contributed by atoms with Crippen molar-refractivity contribution in [1.82, 2.24) is 14.3 Å². The number of hydrogen-bond acceptors (Lipinski definition) is 3. The average Bonchev–Trinajstić information content (AvgIpc) is 2.90. The summed E-state index contributed by atoms with van der Waals surface area (Å²) in [6, 6.07) is 12.7. The van der Waals surface area contributed by atoms with Crippen molar-refractivity contribution in [2.24, 2.45) is 7.05 Å². The van der Waals surface area contributed by atoms with Crippen molar-refractivity contribution in [2.75, 3.05) is 0 Å². The Bertz CT molecular complexity index is 879. The van der Waals surface area contributed by atoms with Crippen LogP contribution in [0.1, 0.15) is 5.82 Å². The molecule has 1 heterocycles. The summed E-state index contributed by atoms with van der Waals surface area (Å²) in [7, 11) is -1.76. The number of sulfonamides is 1. The van der Waals surface area contributed by atoms with E-state index >= 15 is 0 Å². The lowest BCUT2D eigenvalue weighted by atomic mass is 10.1. The first-order valence-electron chi connectivity index (χ1n) is 6.51. The van der Waals surface area contributed by atoms with Crippen molar-refractivity contribution in [2.45, 2.75) is 11.4 Å². The van der Waals surface area contributed by atoms with Gasteiger partial charge in [-0.2, -0.15) is 0 Å². The molecule has 0 spiro atoms. The summed E-state index contributed by atoms with van der Waals surface area (Å²) in [4.78, 5) is 4.40. The standard InChI is InChI=1S/C15H15N3O2S/c1-18-10-9-16-15(18)11-17-21(19,20)14-8-4-6-12-5-2-3-7-13(12)14/h2-10,17H,11H2,1H3. The van der Waals surface area contributed by atoms with Gasteiger partial charge in [0.1, 0.15) is 5.82 Å². The Kier molecular flexibility index (Phi) is 3.48. The van der Waals surface area contributed by atoms with Crippen LogP contribution < -0.4 is 4.72 Å². The lowest BCUT2D eigenvalue weighted by Crippen LogP contribution is -2.24. The predicted molar refractivity (Wildman–Crippen MR) is 81.2 cm³/mol. The number of nitrogens with zero attached hydrogens (tertiary/aromatic N) is 2. The first-order valence-corrected chi connectivity index (χ1v) is 8.00. The SMILES string of the molecule is Cn1ccnc1CNS(=O)(=O)c1cccc2ccccc12. The molecule has 0 saturated heterocycles. The molecule has 0 radical (unpaired) electrons. The van der Waals surface area contributed by atoms with Gasteiger partial charge in [-0.15, -0.1) is 0 Å². The van der Waals surface area contributed by atoms with Crippen LogP contribution in [0.3, 0.4) is 0 Å². The van der Waals surface area contributed by atoms with Crippen LogP contribution in [-0.2, 0) is 23.6 Å². The van der Waals surface area contributed by atoms with Crippen molar-refractivity contribution < 1.29 is 8.42 Å². The predicted octanol–water partition coefficient (Wildman–Crippen LogP) is 2.05. The van der Waals surface area contributed by atoms with Gasteiger partial charge in [0.25, 0.3) is 0 Å². The molecule has 0 atom stereocenters. The van der Waals surface area contributed by atoms with E-state index in [9.17, 15) is 8.42 Å². The van der Waals surface area contributed by atoms with Gasteiger partial charge >= 0.3 is 0 Å². The van der Waals surface area contributed by atoms with E-state index in [2.05, 4.69) is 9.71 Å². The van der Waals surface area contributed by atoms with Gasteiger partial charge in [0.2, 0.25) is 10.0 Å². The first-order chi connectivity index (χ1) is 10.1. The topological polar surface area (TPSA) is 64.0 Å². The fourth-order valence-corrected chi connectivity index (χ4v) is 3.44. The number of aryl methyl sites for hydroxylation is 1. The molecule has 3 aromatic rings. The number of rotatable bonds is 4. The van der Waals surface area contributed by atoms with Crippen LogP contribution in [0.2, 0.25) is 0 Å². The van der Waals surface area contributed by atoms with Gasteiger partial charge in [-0.05, 0) is 11.5 Å². The Morgan fingerprint density at radius 2 is 1.90 bits per heavy atom. The molecule has 2 aromatic carbocycles. The van der Waals surface area contributed by atoms with Crippen molar-refractivity contribution in [3.05, 3.63) is 60.7 Å². The Balaban J connectivity index is 1.95. The zero-order valence-corrected chi connectivity index (χ0v) is 12.3. The minimum atomic E-state index is -3.58. The van der Waals surface area contributed by atoms with Crippen molar-refractivity contribution in [1.29, 1.82) is 0 Å². The summed E-state index contributed by atoms with van der Waals surface area (Å²) in [5, 5.41) is 1.62. The fourth-order valence-electron chi connectivity index (χ4n) is 2.23. The first kappa shape index (κ1) is 13.8. The molecule has 0 aliphatic heterocycles. The van der Waals surface area contributed by atoms with E-state index in [1.54, 1.807) is 29.1 Å². The van der Waals surface area contributed by atoms with Gasteiger partial charge in [0, 0.05) is 24.8 Å². The number of imidazole rings is 1. The number of nitrogens with one attached hydrogen (secondary N) is 1. The van der Waals surface area contributed by atoms with Gasteiger partial charge < -0.3 is 4.57 Å². The van der Waals surface area contributed by atoms with Gasteiger partial charge in [-0.1, -0.05) is 36.4 Å². The normalized spacial score (nSPS) is 11.9. The third-order valence-electron chi connectivity index (χ3n) is 3.38. The quantitative estimate of drug-likeness (QED) is 0.802. The molecule has 0 bridgehead atoms. The maximum atomic E-state index is 12.5. The van der Waals surface area contributed by atoms with Crippen LogP contribution in [0.15, 0.2) is 59.8 Å². The summed E-state index contributed by atoms with van der Waals surface area (Å²) in [6.45, 7) is 0.162. The third kappa shape index (κ3) is 2.68. The second kappa shape index (κ2) is 5.31. The van der Waals surface area contributed by atoms with Crippen LogP contribution >= 0.6 is 0 Å². The maximum Gasteiger partial charge on any atom is 0.241 e. The van der Waals surface area contributed by atoms with Crippen LogP contribution in [0.25, 0.3) is 10.8 Å². The second-order valence-corrected chi connectivity index (χ2v) is 6.49. The van der Waals surface area contributed by atoms with Crippen LogP contribution in [-0.4, -0.2) is 18.0 Å². The molecule has 0 aliphatic rings. The lowest BCUT2D eigenvalue weighted by Gasteiger charge is -2.09. The van der Waals surface area contributed by atoms with E-state index in [4.69, 9.17) is 0 Å². The molecule has 1 aromatic heterocycles. The van der Waals surface area contributed by atoms with Crippen molar-refractivity contribution >= 4 is 20.8 Å². The molecule has 0 aliphatic carbocycles. The van der Waals surface area contributed by atoms with E-state index in [0.717, 1.165) is 5.39 Å². The number of fused-ring (bicyclic) bond motifs is 1. The van der Waals surface area contributed by atoms with Crippen LogP contribution in [0.5, 0.6) is 0 Å². The highest BCUT2D eigenvalue weighted by molar-refractivity contribution is 7.89. The zero-order chi connectivity index (χ0) is 14.9. The minimum Gasteiger partial charge on any atom is -0.337 e. The molecule has 0 fully saturated rings. The van der Waals surface area contributed by atoms with Gasteiger partial charge in [-0.3, -0.25) is 0 Å². The van der Waals surface area contributed by atoms with E-state index in [-0.39, 0.29) is 11.4 Å². The summed E-state index contributed by atoms with van der Waals surface area (Å²) in [5.74, 6) is 0.666. The molecule has 3 rings (SSSR count). The van der Waals surface area contributed by atoms with E-state index < -0.39 is 10.0 Å². The van der Waals surface area contributed by atoms with Crippen LogP contribution in [0, 0.1) is 0 Å². The van der Waals surface area contributed by atoms with E-state index in [0.29, 0.717) is 11.2 Å². The minimum absolute atomic E-state index is 0.162. The monoisotopic (exact) mass is 301 g/mol. The Labute approximate surface area is 123 Å². The second-order valence-electron chi connectivity index (χ2n) is 4.76. The van der Waals surface area contributed by atoms with Crippen molar-refractivity contribution in [3.63, 3.8) is 0 Å².